The number of hydrogen-bond acceptors (Lipinski definition) is 3. The van der Waals surface area contributed by atoms with Crippen molar-refractivity contribution in [2.24, 2.45) is 5.16 Å². The highest BCUT2D eigenvalue weighted by molar-refractivity contribution is 6.02. The lowest BCUT2D eigenvalue weighted by Crippen LogP contribution is -2.14. The Kier molecular flexibility index (Phi) is 3.59. The maximum Gasteiger partial charge on any atom is 0.166 e. The Morgan fingerprint density at radius 2 is 1.70 bits per heavy atom. The molecule has 0 N–H and O–H groups in total. The molecule has 1 heterocycles. The number of benzene rings is 2. The molecule has 3 rings (SSSR count). The van der Waals surface area contributed by atoms with Gasteiger partial charge < -0.3 is 4.84 Å². The highest BCUT2D eigenvalue weighted by atomic mass is 16.6. The normalized spacial score (nSPS) is 17.4. The number of oxime groups is 1. The summed E-state index contributed by atoms with van der Waals surface area (Å²) in [5.74, 6) is 0.0973. The summed E-state index contributed by atoms with van der Waals surface area (Å²) in [5, 5.41) is 4.10. The van der Waals surface area contributed by atoms with E-state index in [4.69, 9.17) is 4.84 Å². The summed E-state index contributed by atoms with van der Waals surface area (Å²) in [4.78, 5) is 17.5. The summed E-state index contributed by atoms with van der Waals surface area (Å²) in [5.41, 5.74) is 2.70. The zero-order chi connectivity index (χ0) is 13.8. The Labute approximate surface area is 117 Å². The van der Waals surface area contributed by atoms with E-state index in [9.17, 15) is 4.79 Å². The number of ketones is 1. The molecule has 0 fully saturated rings. The van der Waals surface area contributed by atoms with Gasteiger partial charge in [-0.15, -0.1) is 0 Å². The van der Waals surface area contributed by atoms with E-state index in [0.717, 1.165) is 16.8 Å². The van der Waals surface area contributed by atoms with Crippen LogP contribution in [0.5, 0.6) is 0 Å². The van der Waals surface area contributed by atoms with Crippen LogP contribution < -0.4 is 0 Å². The predicted octanol–water partition coefficient (Wildman–Crippen LogP) is 3.45. The quantitative estimate of drug-likeness (QED) is 0.794. The Hall–Kier alpha value is -2.42. The maximum absolute atomic E-state index is 12.1. The molecule has 20 heavy (non-hydrogen) atoms. The Morgan fingerprint density at radius 1 is 1.05 bits per heavy atom. The van der Waals surface area contributed by atoms with Crippen molar-refractivity contribution >= 4 is 11.5 Å². The predicted molar refractivity (Wildman–Crippen MR) is 77.9 cm³/mol. The number of Topliss-reactive ketones (excluding diaryl/α,β-unsaturated/α-hetero) is 1. The fraction of sp³-hybridized carbons (Fsp3) is 0.176. The first-order valence-corrected chi connectivity index (χ1v) is 6.69. The third kappa shape index (κ3) is 2.77. The molecule has 0 saturated carbocycles. The van der Waals surface area contributed by atoms with Gasteiger partial charge in [-0.25, -0.2) is 0 Å². The van der Waals surface area contributed by atoms with E-state index in [2.05, 4.69) is 5.16 Å². The maximum atomic E-state index is 12.1. The minimum Gasteiger partial charge on any atom is -0.391 e. The highest BCUT2D eigenvalue weighted by Crippen LogP contribution is 2.20. The topological polar surface area (TPSA) is 38.7 Å². The van der Waals surface area contributed by atoms with Gasteiger partial charge >= 0.3 is 0 Å². The second-order valence-electron chi connectivity index (χ2n) is 4.83. The van der Waals surface area contributed by atoms with Gasteiger partial charge in [0.25, 0.3) is 0 Å². The molecule has 100 valence electrons. The molecule has 0 saturated heterocycles. The van der Waals surface area contributed by atoms with Gasteiger partial charge in [0.2, 0.25) is 0 Å². The molecular formula is C17H15NO2. The van der Waals surface area contributed by atoms with Crippen molar-refractivity contribution in [2.45, 2.75) is 18.9 Å². The SMILES string of the molecule is O=C(C[C@@H]1CC(c2ccccc2)=NO1)c1ccccc1. The fourth-order valence-corrected chi connectivity index (χ4v) is 2.29. The van der Waals surface area contributed by atoms with E-state index in [1.54, 1.807) is 0 Å². The van der Waals surface area contributed by atoms with Crippen LogP contribution in [-0.2, 0) is 4.84 Å². The van der Waals surface area contributed by atoms with Gasteiger partial charge in [0.05, 0.1) is 12.1 Å². The molecule has 0 radical (unpaired) electrons. The van der Waals surface area contributed by atoms with Crippen LogP contribution in [0.3, 0.4) is 0 Å². The van der Waals surface area contributed by atoms with Crippen LogP contribution in [0.15, 0.2) is 65.8 Å². The van der Waals surface area contributed by atoms with Gasteiger partial charge in [-0.1, -0.05) is 65.8 Å². The summed E-state index contributed by atoms with van der Waals surface area (Å²) in [6, 6.07) is 19.2. The Morgan fingerprint density at radius 3 is 2.40 bits per heavy atom. The molecule has 0 bridgehead atoms. The van der Waals surface area contributed by atoms with Crippen molar-refractivity contribution in [3.05, 3.63) is 71.8 Å². The van der Waals surface area contributed by atoms with Gasteiger partial charge in [-0.2, -0.15) is 0 Å². The van der Waals surface area contributed by atoms with Crippen molar-refractivity contribution in [1.29, 1.82) is 0 Å². The lowest BCUT2D eigenvalue weighted by atomic mass is 9.99. The molecule has 0 unspecified atom stereocenters. The minimum atomic E-state index is -0.155. The first-order valence-electron chi connectivity index (χ1n) is 6.69. The van der Waals surface area contributed by atoms with E-state index < -0.39 is 0 Å². The lowest BCUT2D eigenvalue weighted by molar-refractivity contribution is 0.0659. The van der Waals surface area contributed by atoms with Crippen molar-refractivity contribution in [3.8, 4) is 0 Å². The largest absolute Gasteiger partial charge is 0.391 e. The Balaban J connectivity index is 1.61. The van der Waals surface area contributed by atoms with Crippen molar-refractivity contribution in [1.82, 2.24) is 0 Å². The number of rotatable bonds is 4. The molecule has 2 aromatic carbocycles. The number of nitrogens with zero attached hydrogens (tertiary/aromatic N) is 1. The number of carbonyl (C=O) groups excluding carboxylic acids is 1. The van der Waals surface area contributed by atoms with E-state index in [0.29, 0.717) is 12.8 Å². The van der Waals surface area contributed by atoms with Crippen LogP contribution in [0.25, 0.3) is 0 Å². The van der Waals surface area contributed by atoms with Crippen LogP contribution in [0.4, 0.5) is 0 Å². The van der Waals surface area contributed by atoms with E-state index in [1.165, 1.54) is 0 Å². The van der Waals surface area contributed by atoms with Crippen LogP contribution in [0.2, 0.25) is 0 Å². The molecular weight excluding hydrogens is 250 g/mol. The summed E-state index contributed by atoms with van der Waals surface area (Å²) in [6.07, 6.45) is 0.893. The van der Waals surface area contributed by atoms with Gasteiger partial charge in [0.15, 0.2) is 5.78 Å². The molecule has 0 spiro atoms. The summed E-state index contributed by atoms with van der Waals surface area (Å²) < 4.78 is 0. The summed E-state index contributed by atoms with van der Waals surface area (Å²) >= 11 is 0. The first-order chi connectivity index (χ1) is 9.83. The van der Waals surface area contributed by atoms with E-state index >= 15 is 0 Å². The third-order valence-electron chi connectivity index (χ3n) is 3.35. The second-order valence-corrected chi connectivity index (χ2v) is 4.83. The number of hydrogen-bond donors (Lipinski definition) is 0. The van der Waals surface area contributed by atoms with Gasteiger partial charge in [0, 0.05) is 12.0 Å². The average Bonchev–Trinajstić information content (AvgIpc) is 2.97. The van der Waals surface area contributed by atoms with Crippen LogP contribution >= 0.6 is 0 Å². The summed E-state index contributed by atoms with van der Waals surface area (Å²) in [6.45, 7) is 0. The standard InChI is InChI=1S/C17H15NO2/c19-17(14-9-5-2-6-10-14)12-15-11-16(18-20-15)13-7-3-1-4-8-13/h1-10,15H,11-12H2/t15-/m0/s1. The molecule has 0 amide bonds. The molecule has 1 atom stereocenters. The Bertz CT molecular complexity index is 620. The molecule has 0 aromatic heterocycles. The highest BCUT2D eigenvalue weighted by Gasteiger charge is 2.24. The molecule has 3 heteroatoms. The van der Waals surface area contributed by atoms with Crippen molar-refractivity contribution < 1.29 is 9.63 Å². The zero-order valence-electron chi connectivity index (χ0n) is 11.0. The van der Waals surface area contributed by atoms with Crippen LogP contribution in [0, 0.1) is 0 Å². The van der Waals surface area contributed by atoms with Gasteiger partial charge in [0.1, 0.15) is 6.10 Å². The monoisotopic (exact) mass is 265 g/mol. The smallest absolute Gasteiger partial charge is 0.166 e. The van der Waals surface area contributed by atoms with Gasteiger partial charge in [-0.3, -0.25) is 4.79 Å². The van der Waals surface area contributed by atoms with E-state index in [1.807, 2.05) is 60.7 Å². The first kappa shape index (κ1) is 12.6. The molecule has 1 aliphatic rings. The zero-order valence-corrected chi connectivity index (χ0v) is 11.0. The van der Waals surface area contributed by atoms with Crippen LogP contribution in [-0.4, -0.2) is 17.6 Å². The fourth-order valence-electron chi connectivity index (χ4n) is 2.29. The van der Waals surface area contributed by atoms with Crippen molar-refractivity contribution in [3.63, 3.8) is 0 Å². The minimum absolute atomic E-state index is 0.0973. The van der Waals surface area contributed by atoms with Gasteiger partial charge in [-0.05, 0) is 5.56 Å². The summed E-state index contributed by atoms with van der Waals surface area (Å²) in [7, 11) is 0. The van der Waals surface area contributed by atoms with E-state index in [-0.39, 0.29) is 11.9 Å². The molecule has 3 nitrogen and oxygen atoms in total. The van der Waals surface area contributed by atoms with Crippen molar-refractivity contribution in [2.75, 3.05) is 0 Å². The van der Waals surface area contributed by atoms with Crippen LogP contribution in [0.1, 0.15) is 28.8 Å². The third-order valence-corrected chi connectivity index (χ3v) is 3.35. The number of carbonyl (C=O) groups is 1. The lowest BCUT2D eigenvalue weighted by Gasteiger charge is -2.07. The molecule has 0 aliphatic carbocycles. The molecule has 1 aliphatic heterocycles. The average molecular weight is 265 g/mol. The molecule has 2 aromatic rings. The second kappa shape index (κ2) is 5.70.